The Balaban J connectivity index is 1.84. The maximum Gasteiger partial charge on any atom is 0.435 e. The van der Waals surface area contributed by atoms with Crippen LogP contribution >= 0.6 is 23.2 Å². The zero-order valence-electron chi connectivity index (χ0n) is 19.0. The number of hydrogen-bond acceptors (Lipinski definition) is 5. The molecule has 4 rings (SSSR count). The molecule has 1 aliphatic carbocycles. The van der Waals surface area contributed by atoms with E-state index in [1.165, 1.54) is 24.4 Å². The fourth-order valence-electron chi connectivity index (χ4n) is 3.99. The maximum atomic E-state index is 13.5. The molecule has 0 saturated carbocycles. The molecule has 13 heteroatoms. The maximum absolute atomic E-state index is 13.5. The van der Waals surface area contributed by atoms with Crippen LogP contribution < -0.4 is 10.6 Å². The van der Waals surface area contributed by atoms with Crippen LogP contribution in [0.2, 0.25) is 10.0 Å². The molecule has 8 nitrogen and oxygen atoms in total. The number of pyridine rings is 1. The number of rotatable bonds is 5. The van der Waals surface area contributed by atoms with E-state index in [0.717, 1.165) is 0 Å². The van der Waals surface area contributed by atoms with Crippen molar-refractivity contribution in [2.45, 2.75) is 45.0 Å². The molecule has 1 atom stereocenters. The van der Waals surface area contributed by atoms with Gasteiger partial charge in [0.05, 0.1) is 27.4 Å². The lowest BCUT2D eigenvalue weighted by Crippen LogP contribution is -2.32. The molecule has 0 radical (unpaired) electrons. The summed E-state index contributed by atoms with van der Waals surface area (Å²) in [6, 6.07) is 4.63. The van der Waals surface area contributed by atoms with Gasteiger partial charge >= 0.3 is 6.18 Å². The van der Waals surface area contributed by atoms with Gasteiger partial charge in [-0.3, -0.25) is 9.59 Å². The number of carbonyl (C=O) groups is 2. The van der Waals surface area contributed by atoms with Gasteiger partial charge in [0, 0.05) is 18.3 Å². The number of hydrogen-bond donors (Lipinski definition) is 3. The van der Waals surface area contributed by atoms with E-state index in [1.807, 2.05) is 0 Å². The van der Waals surface area contributed by atoms with E-state index in [-0.39, 0.29) is 33.2 Å². The third-order valence-corrected chi connectivity index (χ3v) is 6.08. The smallest absolute Gasteiger partial charge is 0.388 e. The molecule has 1 aromatic carbocycles. The molecule has 1 unspecified atom stereocenters. The third kappa shape index (κ3) is 4.91. The second kappa shape index (κ2) is 9.72. The highest BCUT2D eigenvalue weighted by atomic mass is 35.5. The van der Waals surface area contributed by atoms with E-state index in [2.05, 4.69) is 20.7 Å². The van der Waals surface area contributed by atoms with Crippen molar-refractivity contribution >= 4 is 40.7 Å². The van der Waals surface area contributed by atoms with Crippen LogP contribution in [0, 0.1) is 0 Å². The fourth-order valence-corrected chi connectivity index (χ4v) is 4.46. The lowest BCUT2D eigenvalue weighted by atomic mass is 9.98. The standard InChI is InChI=1S/C23H20Cl2F3N5O3/c1-10(2)30-22(36)18-17-11(5-6-15(17)34)8-13(25)19(18)31-21(35)14-9-16(23(26,27)28)32-33(14)20-12(24)4-3-7-29-20/h3-4,7-10,15,34H,5-6H2,1-2H3,(H,30,36)(H,31,35). The fraction of sp³-hybridized carbons (Fsp3) is 0.304. The summed E-state index contributed by atoms with van der Waals surface area (Å²) in [6.07, 6.45) is -3.74. The first kappa shape index (κ1) is 25.9. The summed E-state index contributed by atoms with van der Waals surface area (Å²) in [7, 11) is 0. The van der Waals surface area contributed by atoms with Crippen molar-refractivity contribution in [3.05, 3.63) is 68.6 Å². The normalized spacial score (nSPS) is 15.2. The number of fused-ring (bicyclic) bond motifs is 1. The van der Waals surface area contributed by atoms with Gasteiger partial charge in [-0.15, -0.1) is 0 Å². The Kier molecular flexibility index (Phi) is 7.00. The minimum absolute atomic E-state index is 0.0110. The molecule has 0 aliphatic heterocycles. The minimum atomic E-state index is -4.86. The van der Waals surface area contributed by atoms with E-state index in [9.17, 15) is 27.9 Å². The highest BCUT2D eigenvalue weighted by Crippen LogP contribution is 2.41. The Morgan fingerprint density at radius 1 is 1.19 bits per heavy atom. The summed E-state index contributed by atoms with van der Waals surface area (Å²) in [6.45, 7) is 3.45. The predicted octanol–water partition coefficient (Wildman–Crippen LogP) is 4.96. The molecule has 36 heavy (non-hydrogen) atoms. The molecule has 0 bridgehead atoms. The van der Waals surface area contributed by atoms with E-state index in [4.69, 9.17) is 23.2 Å². The van der Waals surface area contributed by atoms with Crippen LogP contribution in [0.4, 0.5) is 18.9 Å². The Bertz CT molecular complexity index is 1360. The number of halogens is 5. The van der Waals surface area contributed by atoms with Crippen LogP contribution in [-0.2, 0) is 12.6 Å². The number of aliphatic hydroxyl groups is 1. The number of aliphatic hydroxyl groups excluding tert-OH is 1. The molecule has 1 aliphatic rings. The van der Waals surface area contributed by atoms with Gasteiger partial charge < -0.3 is 15.7 Å². The van der Waals surface area contributed by atoms with Crippen molar-refractivity contribution in [3.8, 4) is 5.82 Å². The zero-order chi connectivity index (χ0) is 26.4. The van der Waals surface area contributed by atoms with Gasteiger partial charge in [-0.25, -0.2) is 9.67 Å². The number of aryl methyl sites for hydroxylation is 1. The van der Waals surface area contributed by atoms with Gasteiger partial charge in [-0.2, -0.15) is 18.3 Å². The minimum Gasteiger partial charge on any atom is -0.388 e. The number of anilines is 1. The highest BCUT2D eigenvalue weighted by Gasteiger charge is 2.37. The van der Waals surface area contributed by atoms with Crippen LogP contribution in [0.3, 0.4) is 0 Å². The summed E-state index contributed by atoms with van der Waals surface area (Å²) >= 11 is 12.5. The third-order valence-electron chi connectivity index (χ3n) is 5.48. The van der Waals surface area contributed by atoms with Crippen molar-refractivity contribution in [3.63, 3.8) is 0 Å². The first-order valence-corrected chi connectivity index (χ1v) is 11.6. The number of alkyl halides is 3. The molecule has 2 amide bonds. The van der Waals surface area contributed by atoms with Crippen LogP contribution in [0.25, 0.3) is 5.82 Å². The van der Waals surface area contributed by atoms with Crippen molar-refractivity contribution in [2.24, 2.45) is 0 Å². The number of nitrogens with one attached hydrogen (secondary N) is 2. The molecular weight excluding hydrogens is 522 g/mol. The van der Waals surface area contributed by atoms with E-state index in [0.29, 0.717) is 34.7 Å². The van der Waals surface area contributed by atoms with Crippen LogP contribution in [0.5, 0.6) is 0 Å². The summed E-state index contributed by atoms with van der Waals surface area (Å²) in [5.74, 6) is -1.85. The lowest BCUT2D eigenvalue weighted by molar-refractivity contribution is -0.141. The van der Waals surface area contributed by atoms with Crippen LogP contribution in [-0.4, -0.2) is 37.7 Å². The Morgan fingerprint density at radius 3 is 2.56 bits per heavy atom. The molecule has 2 aromatic heterocycles. The lowest BCUT2D eigenvalue weighted by Gasteiger charge is -2.20. The molecule has 2 heterocycles. The van der Waals surface area contributed by atoms with Gasteiger partial charge in [-0.05, 0) is 56.0 Å². The monoisotopic (exact) mass is 541 g/mol. The highest BCUT2D eigenvalue weighted by molar-refractivity contribution is 6.35. The largest absolute Gasteiger partial charge is 0.435 e. The van der Waals surface area contributed by atoms with Crippen molar-refractivity contribution in [1.29, 1.82) is 0 Å². The summed E-state index contributed by atoms with van der Waals surface area (Å²) < 4.78 is 41.1. The number of carbonyl (C=O) groups excluding carboxylic acids is 2. The van der Waals surface area contributed by atoms with E-state index < -0.39 is 35.5 Å². The van der Waals surface area contributed by atoms with Crippen LogP contribution in [0.1, 0.15) is 64.0 Å². The average molecular weight is 542 g/mol. The number of benzene rings is 1. The first-order valence-electron chi connectivity index (χ1n) is 10.8. The van der Waals surface area contributed by atoms with E-state index >= 15 is 0 Å². The molecule has 190 valence electrons. The Morgan fingerprint density at radius 2 is 1.92 bits per heavy atom. The summed E-state index contributed by atoms with van der Waals surface area (Å²) in [5.41, 5.74) is -1.14. The second-order valence-corrected chi connectivity index (χ2v) is 9.27. The number of amides is 2. The van der Waals surface area contributed by atoms with Crippen molar-refractivity contribution in [1.82, 2.24) is 20.1 Å². The van der Waals surface area contributed by atoms with Gasteiger partial charge in [-0.1, -0.05) is 23.2 Å². The molecule has 3 N–H and O–H groups in total. The summed E-state index contributed by atoms with van der Waals surface area (Å²) in [5, 5.41) is 19.1. The molecular formula is C23H20Cl2F3N5O3. The van der Waals surface area contributed by atoms with E-state index in [1.54, 1.807) is 13.8 Å². The van der Waals surface area contributed by atoms with Gasteiger partial charge in [0.25, 0.3) is 11.8 Å². The van der Waals surface area contributed by atoms with Crippen LogP contribution in [0.15, 0.2) is 30.5 Å². The van der Waals surface area contributed by atoms with Gasteiger partial charge in [0.1, 0.15) is 5.69 Å². The Hall–Kier alpha value is -3.15. The van der Waals surface area contributed by atoms with Gasteiger partial charge in [0.15, 0.2) is 11.5 Å². The SMILES string of the molecule is CC(C)NC(=O)c1c(NC(=O)c2cc(C(F)(F)F)nn2-c2ncccc2Cl)c(Cl)cc2c1C(O)CC2. The summed E-state index contributed by atoms with van der Waals surface area (Å²) in [4.78, 5) is 30.4. The predicted molar refractivity (Wildman–Crippen MR) is 127 cm³/mol. The molecule has 0 fully saturated rings. The topological polar surface area (TPSA) is 109 Å². The van der Waals surface area contributed by atoms with Gasteiger partial charge in [0.2, 0.25) is 0 Å². The average Bonchev–Trinajstić information content (AvgIpc) is 3.38. The molecule has 3 aromatic rings. The zero-order valence-corrected chi connectivity index (χ0v) is 20.5. The molecule has 0 spiro atoms. The number of nitrogens with zero attached hydrogens (tertiary/aromatic N) is 3. The second-order valence-electron chi connectivity index (χ2n) is 8.45. The molecule has 0 saturated heterocycles. The number of aromatic nitrogens is 3. The van der Waals surface area contributed by atoms with Crippen molar-refractivity contribution in [2.75, 3.05) is 5.32 Å². The first-order chi connectivity index (χ1) is 16.9. The Labute approximate surface area is 213 Å². The quantitative estimate of drug-likeness (QED) is 0.422. The van der Waals surface area contributed by atoms with Crippen molar-refractivity contribution < 1.29 is 27.9 Å².